The van der Waals surface area contributed by atoms with Gasteiger partial charge in [-0.1, -0.05) is 39.0 Å². The number of hydrogen-bond donors (Lipinski definition) is 0. The van der Waals surface area contributed by atoms with Crippen LogP contribution in [-0.4, -0.2) is 0 Å². The first-order valence-corrected chi connectivity index (χ1v) is 7.33. The predicted molar refractivity (Wildman–Crippen MR) is 64.7 cm³/mol. The quantitative estimate of drug-likeness (QED) is 0.631. The summed E-state index contributed by atoms with van der Waals surface area (Å²) in [4.78, 5) is 0. The molecule has 15 heavy (non-hydrogen) atoms. The molecule has 0 saturated heterocycles. The molecule has 0 nitrogen and oxygen atoms in total. The Labute approximate surface area is 94.8 Å². The van der Waals surface area contributed by atoms with Crippen molar-refractivity contribution in [2.24, 2.45) is 29.6 Å². The van der Waals surface area contributed by atoms with E-state index < -0.39 is 0 Å². The summed E-state index contributed by atoms with van der Waals surface area (Å²) in [6.45, 7) is 2.55. The fourth-order valence-corrected chi connectivity index (χ4v) is 4.37. The van der Waals surface area contributed by atoms with Crippen molar-refractivity contribution in [2.45, 2.75) is 64.7 Å². The summed E-state index contributed by atoms with van der Waals surface area (Å²) in [6, 6.07) is 0. The monoisotopic (exact) mass is 206 g/mol. The van der Waals surface area contributed by atoms with E-state index in [2.05, 4.69) is 6.92 Å². The van der Waals surface area contributed by atoms with Crippen molar-refractivity contribution < 1.29 is 0 Å². The summed E-state index contributed by atoms with van der Waals surface area (Å²) in [5.41, 5.74) is 0. The minimum Gasteiger partial charge on any atom is -0.0622 e. The first-order chi connectivity index (χ1) is 7.33. The van der Waals surface area contributed by atoms with Gasteiger partial charge in [-0.3, -0.25) is 0 Å². The Hall–Kier alpha value is 0. The van der Waals surface area contributed by atoms with E-state index in [1.165, 1.54) is 31.1 Å². The Morgan fingerprint density at radius 2 is 1.60 bits per heavy atom. The average molecular weight is 206 g/mol. The summed E-state index contributed by atoms with van der Waals surface area (Å²) in [7, 11) is 0. The molecule has 0 aliphatic heterocycles. The van der Waals surface area contributed by atoms with E-state index >= 15 is 0 Å². The van der Waals surface area contributed by atoms with E-state index in [-0.39, 0.29) is 0 Å². The molecular weight excluding hydrogens is 180 g/mol. The van der Waals surface area contributed by atoms with Gasteiger partial charge in [0, 0.05) is 0 Å². The van der Waals surface area contributed by atoms with Gasteiger partial charge in [0.2, 0.25) is 0 Å². The summed E-state index contributed by atoms with van der Waals surface area (Å²) in [5, 5.41) is 0. The third-order valence-corrected chi connectivity index (χ3v) is 5.51. The molecule has 0 amide bonds. The number of fused-ring (bicyclic) bond motifs is 1. The molecule has 0 aromatic heterocycles. The van der Waals surface area contributed by atoms with Gasteiger partial charge in [-0.15, -0.1) is 0 Å². The topological polar surface area (TPSA) is 0 Å². The maximum absolute atomic E-state index is 2.55. The summed E-state index contributed by atoms with van der Waals surface area (Å²) in [5.74, 6) is 5.63. The molecule has 3 rings (SSSR count). The standard InChI is InChI=1S/C15H26/c1-11(7-12-5-3-2-4-6-12)13-8-14-10-15(14)9-13/h11-15H,2-10H2,1H3. The molecule has 0 bridgehead atoms. The van der Waals surface area contributed by atoms with Crippen molar-refractivity contribution in [3.05, 3.63) is 0 Å². The van der Waals surface area contributed by atoms with Gasteiger partial charge in [0.05, 0.1) is 0 Å². The summed E-state index contributed by atoms with van der Waals surface area (Å²) in [6.07, 6.45) is 14.0. The van der Waals surface area contributed by atoms with E-state index in [4.69, 9.17) is 0 Å². The van der Waals surface area contributed by atoms with E-state index in [1.54, 1.807) is 38.5 Å². The van der Waals surface area contributed by atoms with Gasteiger partial charge in [-0.2, -0.15) is 0 Å². The second kappa shape index (κ2) is 4.11. The van der Waals surface area contributed by atoms with Crippen LogP contribution in [0.3, 0.4) is 0 Å². The van der Waals surface area contributed by atoms with Crippen LogP contribution in [0.25, 0.3) is 0 Å². The SMILES string of the molecule is CC(CC1CCCCC1)C1CC2CC2C1. The van der Waals surface area contributed by atoms with Gasteiger partial charge >= 0.3 is 0 Å². The molecule has 3 atom stereocenters. The molecule has 3 unspecified atom stereocenters. The summed E-state index contributed by atoms with van der Waals surface area (Å²) < 4.78 is 0. The normalized spacial score (nSPS) is 42.6. The highest BCUT2D eigenvalue weighted by Crippen LogP contribution is 2.56. The molecule has 0 radical (unpaired) electrons. The van der Waals surface area contributed by atoms with Gasteiger partial charge in [-0.25, -0.2) is 0 Å². The molecule has 3 fully saturated rings. The second-order valence-electron chi connectivity index (χ2n) is 6.70. The van der Waals surface area contributed by atoms with E-state index in [9.17, 15) is 0 Å². The van der Waals surface area contributed by atoms with Gasteiger partial charge in [-0.05, 0) is 55.3 Å². The zero-order chi connectivity index (χ0) is 10.3. The fraction of sp³-hybridized carbons (Fsp3) is 1.00. The maximum Gasteiger partial charge on any atom is -0.0380 e. The highest BCUT2D eigenvalue weighted by molar-refractivity contribution is 4.97. The van der Waals surface area contributed by atoms with Crippen LogP contribution in [0, 0.1) is 29.6 Å². The van der Waals surface area contributed by atoms with E-state index in [0.717, 1.165) is 17.8 Å². The lowest BCUT2D eigenvalue weighted by Gasteiger charge is -2.28. The molecule has 3 saturated carbocycles. The minimum atomic E-state index is 1.04. The smallest absolute Gasteiger partial charge is 0.0380 e. The molecule has 0 N–H and O–H groups in total. The zero-order valence-electron chi connectivity index (χ0n) is 10.3. The van der Waals surface area contributed by atoms with Crippen molar-refractivity contribution in [3.8, 4) is 0 Å². The molecular formula is C15H26. The van der Waals surface area contributed by atoms with Crippen LogP contribution in [0.15, 0.2) is 0 Å². The summed E-state index contributed by atoms with van der Waals surface area (Å²) >= 11 is 0. The Bertz CT molecular complexity index is 204. The Kier molecular flexibility index (Phi) is 2.79. The lowest BCUT2D eigenvalue weighted by molar-refractivity contribution is 0.235. The van der Waals surface area contributed by atoms with Crippen LogP contribution in [0.4, 0.5) is 0 Å². The maximum atomic E-state index is 2.55. The van der Waals surface area contributed by atoms with Gasteiger partial charge in [0.15, 0.2) is 0 Å². The van der Waals surface area contributed by atoms with Crippen LogP contribution in [-0.2, 0) is 0 Å². The number of rotatable bonds is 3. The molecule has 3 aliphatic rings. The third kappa shape index (κ3) is 2.24. The van der Waals surface area contributed by atoms with Crippen LogP contribution in [0.2, 0.25) is 0 Å². The molecule has 0 spiro atoms. The Morgan fingerprint density at radius 3 is 2.27 bits per heavy atom. The molecule has 0 aromatic rings. The van der Waals surface area contributed by atoms with Crippen molar-refractivity contribution in [3.63, 3.8) is 0 Å². The molecule has 86 valence electrons. The van der Waals surface area contributed by atoms with Gasteiger partial charge < -0.3 is 0 Å². The predicted octanol–water partition coefficient (Wildman–Crippen LogP) is 4.64. The van der Waals surface area contributed by atoms with E-state index in [1.807, 2.05) is 0 Å². The average Bonchev–Trinajstić information content (AvgIpc) is 2.87. The largest absolute Gasteiger partial charge is 0.0622 e. The van der Waals surface area contributed by atoms with Crippen molar-refractivity contribution in [1.29, 1.82) is 0 Å². The Morgan fingerprint density at radius 1 is 0.933 bits per heavy atom. The first-order valence-electron chi connectivity index (χ1n) is 7.33. The molecule has 3 aliphatic carbocycles. The molecule has 0 heteroatoms. The fourth-order valence-electron chi connectivity index (χ4n) is 4.37. The zero-order valence-corrected chi connectivity index (χ0v) is 10.3. The van der Waals surface area contributed by atoms with Crippen LogP contribution in [0.5, 0.6) is 0 Å². The Balaban J connectivity index is 1.45. The lowest BCUT2D eigenvalue weighted by Crippen LogP contribution is -2.16. The van der Waals surface area contributed by atoms with Crippen molar-refractivity contribution in [2.75, 3.05) is 0 Å². The third-order valence-electron chi connectivity index (χ3n) is 5.51. The van der Waals surface area contributed by atoms with Crippen LogP contribution < -0.4 is 0 Å². The second-order valence-corrected chi connectivity index (χ2v) is 6.70. The van der Waals surface area contributed by atoms with E-state index in [0.29, 0.717) is 0 Å². The van der Waals surface area contributed by atoms with Crippen LogP contribution in [0.1, 0.15) is 64.7 Å². The number of hydrogen-bond acceptors (Lipinski definition) is 0. The van der Waals surface area contributed by atoms with Crippen molar-refractivity contribution >= 4 is 0 Å². The highest BCUT2D eigenvalue weighted by Gasteiger charge is 2.47. The van der Waals surface area contributed by atoms with Gasteiger partial charge in [0.25, 0.3) is 0 Å². The highest BCUT2D eigenvalue weighted by atomic mass is 14.5. The lowest BCUT2D eigenvalue weighted by atomic mass is 9.78. The van der Waals surface area contributed by atoms with Crippen LogP contribution >= 0.6 is 0 Å². The molecule has 0 heterocycles. The minimum absolute atomic E-state index is 1.04. The van der Waals surface area contributed by atoms with Gasteiger partial charge in [0.1, 0.15) is 0 Å². The molecule has 0 aromatic carbocycles. The first kappa shape index (κ1) is 10.2. The van der Waals surface area contributed by atoms with Crippen molar-refractivity contribution in [1.82, 2.24) is 0 Å².